The van der Waals surface area contributed by atoms with Gasteiger partial charge < -0.3 is 10.2 Å². The van der Waals surface area contributed by atoms with Crippen LogP contribution in [0.15, 0.2) is 47.6 Å². The van der Waals surface area contributed by atoms with E-state index in [-0.39, 0.29) is 9.92 Å². The molecule has 1 fully saturated rings. The summed E-state index contributed by atoms with van der Waals surface area (Å²) in [6, 6.07) is 8.15. The van der Waals surface area contributed by atoms with Crippen LogP contribution >= 0.6 is 11.6 Å². The van der Waals surface area contributed by atoms with Gasteiger partial charge in [-0.2, -0.15) is 0 Å². The molecule has 0 bridgehead atoms. The molecule has 4 rings (SSSR count). The molecule has 1 aromatic carbocycles. The molecule has 2 aromatic heterocycles. The number of halogens is 2. The summed E-state index contributed by atoms with van der Waals surface area (Å²) in [5.41, 5.74) is 1.69. The van der Waals surface area contributed by atoms with Gasteiger partial charge >= 0.3 is 0 Å². The van der Waals surface area contributed by atoms with E-state index < -0.39 is 21.7 Å². The zero-order chi connectivity index (χ0) is 26.6. The number of sulfonamides is 1. The fraction of sp³-hybridized carbons (Fsp3) is 0.346. The van der Waals surface area contributed by atoms with Crippen LogP contribution in [-0.4, -0.2) is 54.4 Å². The average molecular weight is 545 g/mol. The molecular weight excluding hydrogens is 515 g/mol. The lowest BCUT2D eigenvalue weighted by molar-refractivity contribution is 0.221. The van der Waals surface area contributed by atoms with Crippen molar-refractivity contribution in [3.63, 3.8) is 0 Å². The minimum absolute atomic E-state index is 0.0341. The first kappa shape index (κ1) is 27.0. The van der Waals surface area contributed by atoms with E-state index in [1.54, 1.807) is 37.5 Å². The van der Waals surface area contributed by atoms with E-state index >= 15 is 0 Å². The van der Waals surface area contributed by atoms with Gasteiger partial charge in [0.05, 0.1) is 5.02 Å². The molecule has 0 aliphatic heterocycles. The molecule has 0 unspecified atom stereocenters. The Morgan fingerprint density at radius 3 is 2.41 bits per heavy atom. The Bertz CT molecular complexity index is 1370. The molecule has 196 valence electrons. The zero-order valence-corrected chi connectivity index (χ0v) is 22.5. The Morgan fingerprint density at radius 1 is 1.08 bits per heavy atom. The Balaban J connectivity index is 1.40. The molecule has 1 saturated carbocycles. The number of benzene rings is 1. The van der Waals surface area contributed by atoms with Crippen LogP contribution in [0.1, 0.15) is 42.5 Å². The molecule has 2 heterocycles. The van der Waals surface area contributed by atoms with Crippen LogP contribution in [0.5, 0.6) is 0 Å². The summed E-state index contributed by atoms with van der Waals surface area (Å²) < 4.78 is 42.2. The fourth-order valence-electron chi connectivity index (χ4n) is 4.28. The molecule has 1 aliphatic rings. The molecule has 8 nitrogen and oxygen atoms in total. The first-order valence-electron chi connectivity index (χ1n) is 12.0. The monoisotopic (exact) mass is 544 g/mol. The maximum Gasteiger partial charge on any atom is 0.264 e. The zero-order valence-electron chi connectivity index (χ0n) is 20.9. The Kier molecular flexibility index (Phi) is 8.41. The summed E-state index contributed by atoms with van der Waals surface area (Å²) in [6.45, 7) is 1.67. The highest BCUT2D eigenvalue weighted by Crippen LogP contribution is 2.26. The normalized spacial score (nSPS) is 18.3. The third-order valence-electron chi connectivity index (χ3n) is 6.45. The van der Waals surface area contributed by atoms with E-state index in [1.165, 1.54) is 24.3 Å². The average Bonchev–Trinajstić information content (AvgIpc) is 2.86. The number of anilines is 2. The maximum absolute atomic E-state index is 14.8. The van der Waals surface area contributed by atoms with Crippen LogP contribution in [0.3, 0.4) is 0 Å². The Morgan fingerprint density at radius 2 is 1.76 bits per heavy atom. The summed E-state index contributed by atoms with van der Waals surface area (Å²) >= 11 is 5.99. The number of pyridine rings is 1. The van der Waals surface area contributed by atoms with Gasteiger partial charge in [-0.05, 0) is 70.5 Å². The predicted octanol–water partition coefficient (Wildman–Crippen LogP) is 5.23. The van der Waals surface area contributed by atoms with Crippen LogP contribution < -0.4 is 10.0 Å². The van der Waals surface area contributed by atoms with Crippen molar-refractivity contribution in [2.24, 2.45) is 0 Å². The van der Waals surface area contributed by atoms with E-state index in [2.05, 4.69) is 44.0 Å². The molecule has 3 aromatic rings. The second kappa shape index (κ2) is 11.5. The highest BCUT2D eigenvalue weighted by molar-refractivity contribution is 7.92. The Hall–Kier alpha value is -3.08. The van der Waals surface area contributed by atoms with Crippen molar-refractivity contribution in [2.75, 3.05) is 24.1 Å². The SMILES string of the molecule is Cc1nc(NS(=O)(=O)c2ccccc2Cl)c(F)cc1/C=C/c1cnc(N[C@H]2CC[C@H](N(C)C)CC2)nc1. The summed E-state index contributed by atoms with van der Waals surface area (Å²) in [7, 11) is 0.146. The number of nitrogens with one attached hydrogen (secondary N) is 2. The van der Waals surface area contributed by atoms with Gasteiger partial charge in [-0.3, -0.25) is 4.72 Å². The second-order valence-corrected chi connectivity index (χ2v) is 11.4. The van der Waals surface area contributed by atoms with Crippen LogP contribution in [0.2, 0.25) is 5.02 Å². The first-order chi connectivity index (χ1) is 17.6. The number of hydrogen-bond donors (Lipinski definition) is 2. The van der Waals surface area contributed by atoms with E-state index in [9.17, 15) is 12.8 Å². The third kappa shape index (κ3) is 6.82. The quantitative estimate of drug-likeness (QED) is 0.400. The largest absolute Gasteiger partial charge is 0.351 e. The molecule has 11 heteroatoms. The lowest BCUT2D eigenvalue weighted by Crippen LogP contribution is -2.36. The summed E-state index contributed by atoms with van der Waals surface area (Å²) in [6.07, 6.45) is 11.3. The molecule has 0 saturated heterocycles. The summed E-state index contributed by atoms with van der Waals surface area (Å²) in [5.74, 6) is -0.613. The Labute approximate surface area is 222 Å². The molecule has 0 atom stereocenters. The highest BCUT2D eigenvalue weighted by Gasteiger charge is 2.23. The highest BCUT2D eigenvalue weighted by atomic mass is 35.5. The molecule has 1 aliphatic carbocycles. The van der Waals surface area contributed by atoms with Crippen LogP contribution in [0.4, 0.5) is 16.2 Å². The van der Waals surface area contributed by atoms with Gasteiger partial charge in [0.25, 0.3) is 10.0 Å². The number of aromatic nitrogens is 3. The smallest absolute Gasteiger partial charge is 0.264 e. The number of nitrogens with zero attached hydrogens (tertiary/aromatic N) is 4. The number of hydrogen-bond acceptors (Lipinski definition) is 7. The molecule has 0 radical (unpaired) electrons. The van der Waals surface area contributed by atoms with Crippen molar-refractivity contribution in [1.29, 1.82) is 0 Å². The second-order valence-electron chi connectivity index (χ2n) is 9.32. The minimum Gasteiger partial charge on any atom is -0.351 e. The van der Waals surface area contributed by atoms with Gasteiger partial charge in [0, 0.05) is 35.7 Å². The van der Waals surface area contributed by atoms with Gasteiger partial charge in [-0.1, -0.05) is 35.9 Å². The van der Waals surface area contributed by atoms with Crippen LogP contribution in [0, 0.1) is 12.7 Å². The van der Waals surface area contributed by atoms with Crippen molar-refractivity contribution >= 4 is 45.5 Å². The topological polar surface area (TPSA) is 100 Å². The fourth-order valence-corrected chi connectivity index (χ4v) is 5.81. The first-order valence-corrected chi connectivity index (χ1v) is 13.9. The minimum atomic E-state index is -4.10. The van der Waals surface area contributed by atoms with Gasteiger partial charge in [0.1, 0.15) is 4.90 Å². The van der Waals surface area contributed by atoms with Crippen LogP contribution in [-0.2, 0) is 10.0 Å². The molecule has 37 heavy (non-hydrogen) atoms. The van der Waals surface area contributed by atoms with Gasteiger partial charge in [-0.25, -0.2) is 27.8 Å². The lowest BCUT2D eigenvalue weighted by atomic mass is 9.91. The van der Waals surface area contributed by atoms with Crippen LogP contribution in [0.25, 0.3) is 12.2 Å². The van der Waals surface area contributed by atoms with Gasteiger partial charge in [-0.15, -0.1) is 0 Å². The van der Waals surface area contributed by atoms with Gasteiger partial charge in [0.2, 0.25) is 5.95 Å². The van der Waals surface area contributed by atoms with Gasteiger partial charge in [0.15, 0.2) is 11.6 Å². The van der Waals surface area contributed by atoms with Crippen molar-refractivity contribution in [2.45, 2.75) is 49.6 Å². The van der Waals surface area contributed by atoms with Crippen molar-refractivity contribution < 1.29 is 12.8 Å². The standard InChI is InChI=1S/C26H30ClFN6O2S/c1-17-19(14-23(28)25(31-17)33-37(35,36)24-7-5-4-6-22(24)27)9-8-18-15-29-26(30-16-18)32-20-10-12-21(13-11-20)34(2)3/h4-9,14-16,20-21H,10-13H2,1-3H3,(H,31,33)(H,29,30,32)/b9-8+/t20-,21-. The van der Waals surface area contributed by atoms with Crippen molar-refractivity contribution in [3.05, 3.63) is 70.4 Å². The molecule has 0 spiro atoms. The molecule has 0 amide bonds. The maximum atomic E-state index is 14.8. The third-order valence-corrected chi connectivity index (χ3v) is 8.29. The van der Waals surface area contributed by atoms with E-state index in [1.807, 2.05) is 0 Å². The number of rotatable bonds is 8. The van der Waals surface area contributed by atoms with E-state index in [0.717, 1.165) is 31.2 Å². The molecular formula is C26H30ClFN6O2S. The van der Waals surface area contributed by atoms with E-state index in [4.69, 9.17) is 11.6 Å². The summed E-state index contributed by atoms with van der Waals surface area (Å²) in [4.78, 5) is 15.1. The van der Waals surface area contributed by atoms with Crippen molar-refractivity contribution in [3.8, 4) is 0 Å². The van der Waals surface area contributed by atoms with E-state index in [0.29, 0.717) is 29.3 Å². The number of aryl methyl sites for hydroxylation is 1. The van der Waals surface area contributed by atoms with Crippen molar-refractivity contribution in [1.82, 2.24) is 19.9 Å². The summed E-state index contributed by atoms with van der Waals surface area (Å²) in [5, 5.41) is 3.44. The predicted molar refractivity (Wildman–Crippen MR) is 146 cm³/mol. The lowest BCUT2D eigenvalue weighted by Gasteiger charge is -2.32. The molecule has 2 N–H and O–H groups in total.